The molecule has 3 heterocycles. The molecule has 9 nitrogen and oxygen atoms in total. The van der Waals surface area contributed by atoms with Gasteiger partial charge in [0.2, 0.25) is 0 Å². The molecule has 0 spiro atoms. The number of hydrogen-bond acceptors (Lipinski definition) is 7. The van der Waals surface area contributed by atoms with Crippen LogP contribution in [0.25, 0.3) is 10.9 Å². The summed E-state index contributed by atoms with van der Waals surface area (Å²) < 4.78 is 17.4. The number of rotatable bonds is 9. The number of fused-ring (bicyclic) bond motifs is 1. The van der Waals surface area contributed by atoms with Crippen LogP contribution in [-0.4, -0.2) is 44.1 Å². The number of benzene rings is 2. The van der Waals surface area contributed by atoms with Crippen molar-refractivity contribution in [2.75, 3.05) is 17.2 Å². The van der Waals surface area contributed by atoms with Crippen molar-refractivity contribution in [2.24, 2.45) is 7.05 Å². The molecule has 1 unspecified atom stereocenters. The Balaban J connectivity index is 1.39. The van der Waals surface area contributed by atoms with Crippen LogP contribution < -0.4 is 10.6 Å². The highest BCUT2D eigenvalue weighted by atomic mass is 35.5. The fourth-order valence-electron chi connectivity index (χ4n) is 4.72. The Morgan fingerprint density at radius 3 is 2.73 bits per heavy atom. The summed E-state index contributed by atoms with van der Waals surface area (Å²) in [5.74, 6) is -0.377. The molecule has 0 bridgehead atoms. The monoisotopic (exact) mass is 551 g/mol. The molecular formula is C28H24BClFN9. The van der Waals surface area contributed by atoms with E-state index in [4.69, 9.17) is 19.4 Å². The Bertz CT molecular complexity index is 1740. The summed E-state index contributed by atoms with van der Waals surface area (Å²) >= 11 is 6.71. The number of hydrogen-bond donors (Lipinski definition) is 2. The summed E-state index contributed by atoms with van der Waals surface area (Å²) in [6, 6.07) is 14.0. The zero-order valence-corrected chi connectivity index (χ0v) is 22.4. The number of pyridine rings is 1. The van der Waals surface area contributed by atoms with Crippen LogP contribution in [-0.2, 0) is 18.9 Å². The fourth-order valence-corrected chi connectivity index (χ4v) is 4.99. The van der Waals surface area contributed by atoms with Gasteiger partial charge in [0.25, 0.3) is 0 Å². The first kappa shape index (κ1) is 25.8. The van der Waals surface area contributed by atoms with Crippen molar-refractivity contribution in [3.05, 3.63) is 94.4 Å². The number of nitrogens with one attached hydrogen (secondary N) is 2. The lowest BCUT2D eigenvalue weighted by molar-refractivity contribution is 0.610. The average Bonchev–Trinajstić information content (AvgIpc) is 3.51. The van der Waals surface area contributed by atoms with Crippen LogP contribution in [0.4, 0.5) is 15.8 Å². The van der Waals surface area contributed by atoms with E-state index in [9.17, 15) is 9.65 Å². The molecule has 1 saturated carbocycles. The first-order valence-corrected chi connectivity index (χ1v) is 13.2. The highest BCUT2D eigenvalue weighted by Gasteiger charge is 2.34. The second kappa shape index (κ2) is 10.3. The molecule has 2 aromatic carbocycles. The van der Waals surface area contributed by atoms with Crippen LogP contribution in [0.5, 0.6) is 0 Å². The van der Waals surface area contributed by atoms with E-state index < -0.39 is 5.44 Å². The number of nitrogens with zero attached hydrogens (tertiary/aromatic N) is 7. The zero-order chi connectivity index (χ0) is 27.9. The van der Waals surface area contributed by atoms with Crippen LogP contribution in [0.2, 0.25) is 5.02 Å². The molecule has 12 heteroatoms. The lowest BCUT2D eigenvalue weighted by atomic mass is 9.69. The summed E-state index contributed by atoms with van der Waals surface area (Å²) in [7, 11) is 8.88. The SMILES string of the molecule is [B]C(Nc1cc(Cl)c2ncc(C#N)c(NCCc3ccn(C)n3)c2c1)(c1ccc(F)cc1)c1cn(C2CC2)nn1. The molecule has 2 N–H and O–H groups in total. The van der Waals surface area contributed by atoms with Gasteiger partial charge in [0.1, 0.15) is 25.4 Å². The van der Waals surface area contributed by atoms with Crippen molar-refractivity contribution < 1.29 is 4.39 Å². The Morgan fingerprint density at radius 1 is 1.23 bits per heavy atom. The quantitative estimate of drug-likeness (QED) is 0.256. The second-order valence-electron chi connectivity index (χ2n) is 9.93. The smallest absolute Gasteiger partial charge is 0.123 e. The Hall–Kier alpha value is -4.43. The van der Waals surface area contributed by atoms with E-state index in [1.54, 1.807) is 22.9 Å². The van der Waals surface area contributed by atoms with Crippen molar-refractivity contribution in [1.29, 1.82) is 5.26 Å². The van der Waals surface area contributed by atoms with Crippen LogP contribution in [0.15, 0.2) is 61.1 Å². The minimum absolute atomic E-state index is 0.309. The molecule has 6 rings (SSSR count). The first-order valence-electron chi connectivity index (χ1n) is 12.8. The lowest BCUT2D eigenvalue weighted by Gasteiger charge is -2.32. The number of anilines is 2. The van der Waals surface area contributed by atoms with Crippen LogP contribution in [0.1, 0.15) is 41.4 Å². The molecule has 5 aromatic rings. The minimum Gasteiger partial charge on any atom is -0.383 e. The molecule has 0 aliphatic heterocycles. The molecule has 1 aliphatic rings. The van der Waals surface area contributed by atoms with Crippen molar-refractivity contribution in [1.82, 2.24) is 29.8 Å². The standard InChI is InChI=1S/C28H24BClFN9/c1-39-11-9-20(37-39)8-10-33-26-17(14-32)15-34-27-23(26)12-21(13-24(27)30)35-28(29,18-2-4-19(31)5-3-18)25-16-40(38-36-25)22-6-7-22/h2-5,9,11-13,15-16,22,35H,6-8,10H2,1H3,(H,33,34). The maximum Gasteiger partial charge on any atom is 0.123 e. The summed E-state index contributed by atoms with van der Waals surface area (Å²) in [4.78, 5) is 4.44. The zero-order valence-electron chi connectivity index (χ0n) is 21.6. The van der Waals surface area contributed by atoms with Crippen molar-refractivity contribution in [3.8, 4) is 6.07 Å². The second-order valence-corrected chi connectivity index (χ2v) is 10.3. The fraction of sp³-hybridized carbons (Fsp3) is 0.250. The Kier molecular flexibility index (Phi) is 6.64. The van der Waals surface area contributed by atoms with E-state index in [1.807, 2.05) is 36.3 Å². The molecule has 1 atom stereocenters. The molecule has 0 saturated heterocycles. The number of aryl methyl sites for hydroxylation is 1. The van der Waals surface area contributed by atoms with Gasteiger partial charge in [0, 0.05) is 43.5 Å². The van der Waals surface area contributed by atoms with Gasteiger partial charge in [0.05, 0.1) is 45.2 Å². The Morgan fingerprint density at radius 2 is 2.02 bits per heavy atom. The van der Waals surface area contributed by atoms with E-state index in [-0.39, 0.29) is 5.82 Å². The predicted molar refractivity (Wildman–Crippen MR) is 152 cm³/mol. The van der Waals surface area contributed by atoms with Crippen LogP contribution in [0, 0.1) is 17.1 Å². The molecular weight excluding hydrogens is 528 g/mol. The van der Waals surface area contributed by atoms with Crippen molar-refractivity contribution >= 4 is 41.7 Å². The van der Waals surface area contributed by atoms with E-state index >= 15 is 0 Å². The molecule has 1 aliphatic carbocycles. The average molecular weight is 552 g/mol. The normalized spacial score (nSPS) is 14.6. The van der Waals surface area contributed by atoms with Gasteiger partial charge < -0.3 is 10.6 Å². The summed E-state index contributed by atoms with van der Waals surface area (Å²) in [6.07, 6.45) is 7.94. The van der Waals surface area contributed by atoms with Crippen molar-refractivity contribution in [3.63, 3.8) is 0 Å². The predicted octanol–water partition coefficient (Wildman–Crippen LogP) is 4.70. The highest BCUT2D eigenvalue weighted by molar-refractivity contribution is 6.36. The highest BCUT2D eigenvalue weighted by Crippen LogP contribution is 2.38. The van der Waals surface area contributed by atoms with E-state index in [0.29, 0.717) is 63.1 Å². The maximum absolute atomic E-state index is 13.8. The molecule has 198 valence electrons. The van der Waals surface area contributed by atoms with Gasteiger partial charge in [-0.05, 0) is 48.7 Å². The van der Waals surface area contributed by atoms with Gasteiger partial charge in [0.15, 0.2) is 0 Å². The van der Waals surface area contributed by atoms with Gasteiger partial charge in [-0.2, -0.15) is 10.4 Å². The molecule has 1 fully saturated rings. The molecule has 0 amide bonds. The third-order valence-electron chi connectivity index (χ3n) is 6.97. The van der Waals surface area contributed by atoms with E-state index in [1.165, 1.54) is 18.3 Å². The molecule has 2 radical (unpaired) electrons. The largest absolute Gasteiger partial charge is 0.383 e. The van der Waals surface area contributed by atoms with Gasteiger partial charge in [-0.3, -0.25) is 9.67 Å². The van der Waals surface area contributed by atoms with Crippen LogP contribution >= 0.6 is 11.6 Å². The summed E-state index contributed by atoms with van der Waals surface area (Å²) in [5, 5.41) is 30.7. The third-order valence-corrected chi connectivity index (χ3v) is 7.26. The maximum atomic E-state index is 13.8. The van der Waals surface area contributed by atoms with Crippen molar-refractivity contribution in [2.45, 2.75) is 30.7 Å². The van der Waals surface area contributed by atoms with E-state index in [0.717, 1.165) is 18.5 Å². The number of halogens is 2. The topological polar surface area (TPSA) is 109 Å². The lowest BCUT2D eigenvalue weighted by Crippen LogP contribution is -2.37. The minimum atomic E-state index is -1.36. The molecule has 40 heavy (non-hydrogen) atoms. The van der Waals surface area contributed by atoms with E-state index in [2.05, 4.69) is 37.1 Å². The number of nitriles is 1. The number of aromatic nitrogens is 6. The van der Waals surface area contributed by atoms with Crippen LogP contribution in [0.3, 0.4) is 0 Å². The molecule has 3 aromatic heterocycles. The third kappa shape index (κ3) is 4.98. The van der Waals surface area contributed by atoms with Gasteiger partial charge >= 0.3 is 0 Å². The first-order chi connectivity index (χ1) is 19.3. The van der Waals surface area contributed by atoms with Gasteiger partial charge in [-0.1, -0.05) is 28.9 Å². The van der Waals surface area contributed by atoms with Gasteiger partial charge in [-0.25, -0.2) is 9.07 Å². The van der Waals surface area contributed by atoms with Gasteiger partial charge in [-0.15, -0.1) is 5.10 Å². The summed E-state index contributed by atoms with van der Waals surface area (Å²) in [6.45, 7) is 0.542. The summed E-state index contributed by atoms with van der Waals surface area (Å²) in [5.41, 5.74) is 2.73. The Labute approximate surface area is 236 Å².